The minimum absolute atomic E-state index is 0. The molecule has 0 radical (unpaired) electrons. The molecule has 0 aromatic heterocycles. The molecule has 1 aliphatic carbocycles. The summed E-state index contributed by atoms with van der Waals surface area (Å²) in [6.45, 7) is 0.783. The average Bonchev–Trinajstić information content (AvgIpc) is 3.06. The lowest BCUT2D eigenvalue weighted by Crippen LogP contribution is -2.35. The Bertz CT molecular complexity index is 511. The molecule has 1 amide bonds. The van der Waals surface area contributed by atoms with Crippen LogP contribution in [0.2, 0.25) is 0 Å². The predicted octanol–water partition coefficient (Wildman–Crippen LogP) is 3.04. The molecule has 2 aliphatic rings. The smallest absolute Gasteiger partial charge is 0.226 e. The number of nitrogens with two attached hydrogens (primary N) is 1. The molecule has 1 aromatic rings. The number of amides is 1. The SMILES string of the molecule is Cl.NC1CCC(C(=O)N2CCCC2c2cccc(F)c2)C1. The van der Waals surface area contributed by atoms with Crippen LogP contribution in [-0.4, -0.2) is 23.4 Å². The van der Waals surface area contributed by atoms with Gasteiger partial charge in [0.15, 0.2) is 0 Å². The van der Waals surface area contributed by atoms with Crippen LogP contribution in [0.25, 0.3) is 0 Å². The molecule has 2 fully saturated rings. The van der Waals surface area contributed by atoms with E-state index in [1.165, 1.54) is 6.07 Å². The fourth-order valence-electron chi connectivity index (χ4n) is 3.57. The van der Waals surface area contributed by atoms with Crippen LogP contribution in [0.3, 0.4) is 0 Å². The number of nitrogens with zero attached hydrogens (tertiary/aromatic N) is 1. The van der Waals surface area contributed by atoms with E-state index < -0.39 is 0 Å². The van der Waals surface area contributed by atoms with Gasteiger partial charge in [0.05, 0.1) is 6.04 Å². The maximum atomic E-state index is 13.4. The minimum Gasteiger partial charge on any atom is -0.335 e. The normalized spacial score (nSPS) is 28.5. The fraction of sp³-hybridized carbons (Fsp3) is 0.562. The van der Waals surface area contributed by atoms with Crippen molar-refractivity contribution in [1.82, 2.24) is 4.90 Å². The summed E-state index contributed by atoms with van der Waals surface area (Å²) in [5.41, 5.74) is 6.82. The van der Waals surface area contributed by atoms with Gasteiger partial charge in [0.25, 0.3) is 0 Å². The van der Waals surface area contributed by atoms with E-state index in [0.717, 1.165) is 44.2 Å². The van der Waals surface area contributed by atoms with Crippen LogP contribution in [-0.2, 0) is 4.79 Å². The van der Waals surface area contributed by atoms with Gasteiger partial charge < -0.3 is 10.6 Å². The number of likely N-dealkylation sites (tertiary alicyclic amines) is 1. The lowest BCUT2D eigenvalue weighted by Gasteiger charge is -2.28. The van der Waals surface area contributed by atoms with Crippen molar-refractivity contribution in [1.29, 1.82) is 0 Å². The van der Waals surface area contributed by atoms with Gasteiger partial charge in [-0.15, -0.1) is 12.4 Å². The quantitative estimate of drug-likeness (QED) is 0.912. The number of rotatable bonds is 2. The maximum absolute atomic E-state index is 13.4. The summed E-state index contributed by atoms with van der Waals surface area (Å²) in [6.07, 6.45) is 4.55. The first kappa shape index (κ1) is 16.2. The molecule has 3 atom stereocenters. The van der Waals surface area contributed by atoms with E-state index in [1.54, 1.807) is 12.1 Å². The molecule has 116 valence electrons. The second-order valence-electron chi connectivity index (χ2n) is 6.01. The van der Waals surface area contributed by atoms with E-state index in [0.29, 0.717) is 0 Å². The Morgan fingerprint density at radius 2 is 2.10 bits per heavy atom. The molecule has 1 saturated carbocycles. The number of hydrogen-bond acceptors (Lipinski definition) is 2. The molecule has 2 N–H and O–H groups in total. The van der Waals surface area contributed by atoms with Crippen molar-refractivity contribution in [3.63, 3.8) is 0 Å². The molecule has 3 unspecified atom stereocenters. The molecule has 3 nitrogen and oxygen atoms in total. The number of carbonyl (C=O) groups excluding carboxylic acids is 1. The lowest BCUT2D eigenvalue weighted by atomic mass is 10.0. The van der Waals surface area contributed by atoms with E-state index in [4.69, 9.17) is 5.73 Å². The van der Waals surface area contributed by atoms with Crippen molar-refractivity contribution in [2.45, 2.75) is 44.2 Å². The second-order valence-corrected chi connectivity index (χ2v) is 6.01. The van der Waals surface area contributed by atoms with Crippen LogP contribution in [0, 0.1) is 11.7 Å². The van der Waals surface area contributed by atoms with E-state index in [-0.39, 0.29) is 42.1 Å². The molecule has 0 spiro atoms. The van der Waals surface area contributed by atoms with Crippen molar-refractivity contribution in [2.75, 3.05) is 6.54 Å². The minimum atomic E-state index is -0.232. The van der Waals surface area contributed by atoms with Crippen LogP contribution in [0.5, 0.6) is 0 Å². The number of benzene rings is 1. The highest BCUT2D eigenvalue weighted by Gasteiger charge is 2.36. The monoisotopic (exact) mass is 312 g/mol. The summed E-state index contributed by atoms with van der Waals surface area (Å²) in [5.74, 6) is 0.0496. The second kappa shape index (κ2) is 6.75. The fourth-order valence-corrected chi connectivity index (χ4v) is 3.57. The first-order valence-corrected chi connectivity index (χ1v) is 7.46. The van der Waals surface area contributed by atoms with Crippen LogP contribution >= 0.6 is 12.4 Å². The molecule has 1 aliphatic heterocycles. The number of carbonyl (C=O) groups is 1. The summed E-state index contributed by atoms with van der Waals surface area (Å²) < 4.78 is 13.4. The Balaban J connectivity index is 0.00000161. The maximum Gasteiger partial charge on any atom is 0.226 e. The van der Waals surface area contributed by atoms with Crippen LogP contribution in [0.1, 0.15) is 43.7 Å². The summed E-state index contributed by atoms with van der Waals surface area (Å²) in [6, 6.07) is 6.84. The zero-order valence-electron chi connectivity index (χ0n) is 12.0. The highest BCUT2D eigenvalue weighted by Crippen LogP contribution is 2.36. The third kappa shape index (κ3) is 3.38. The lowest BCUT2D eigenvalue weighted by molar-refractivity contribution is -0.136. The highest BCUT2D eigenvalue weighted by atomic mass is 35.5. The zero-order chi connectivity index (χ0) is 14.1. The Kier molecular flexibility index (Phi) is 5.22. The topological polar surface area (TPSA) is 46.3 Å². The molecule has 1 heterocycles. The van der Waals surface area contributed by atoms with Crippen molar-refractivity contribution < 1.29 is 9.18 Å². The summed E-state index contributed by atoms with van der Waals surface area (Å²) in [4.78, 5) is 14.6. The van der Waals surface area contributed by atoms with Crippen LogP contribution in [0.15, 0.2) is 24.3 Å². The van der Waals surface area contributed by atoms with Crippen molar-refractivity contribution >= 4 is 18.3 Å². The molecule has 5 heteroatoms. The van der Waals surface area contributed by atoms with Crippen LogP contribution < -0.4 is 5.73 Å². The molecule has 0 bridgehead atoms. The van der Waals surface area contributed by atoms with Crippen molar-refractivity contribution in [3.05, 3.63) is 35.6 Å². The molecule has 21 heavy (non-hydrogen) atoms. The first-order valence-electron chi connectivity index (χ1n) is 7.46. The molecular formula is C16H22ClFN2O. The van der Waals surface area contributed by atoms with E-state index in [9.17, 15) is 9.18 Å². The summed E-state index contributed by atoms with van der Waals surface area (Å²) in [7, 11) is 0. The highest BCUT2D eigenvalue weighted by molar-refractivity contribution is 5.85. The molecule has 1 aromatic carbocycles. The van der Waals surface area contributed by atoms with Gasteiger partial charge in [0.1, 0.15) is 5.82 Å². The van der Waals surface area contributed by atoms with Crippen molar-refractivity contribution in [2.24, 2.45) is 11.7 Å². The third-order valence-electron chi connectivity index (χ3n) is 4.59. The molecule has 3 rings (SSSR count). The summed E-state index contributed by atoms with van der Waals surface area (Å²) in [5, 5.41) is 0. The predicted molar refractivity (Wildman–Crippen MR) is 82.7 cm³/mol. The number of hydrogen-bond donors (Lipinski definition) is 1. The van der Waals surface area contributed by atoms with Crippen LogP contribution in [0.4, 0.5) is 4.39 Å². The van der Waals surface area contributed by atoms with E-state index in [1.807, 2.05) is 11.0 Å². The molecule has 1 saturated heterocycles. The Labute approximate surface area is 131 Å². The van der Waals surface area contributed by atoms with Gasteiger partial charge in [-0.3, -0.25) is 4.79 Å². The van der Waals surface area contributed by atoms with Gasteiger partial charge in [-0.2, -0.15) is 0 Å². The zero-order valence-corrected chi connectivity index (χ0v) is 12.8. The first-order chi connectivity index (χ1) is 9.65. The van der Waals surface area contributed by atoms with E-state index in [2.05, 4.69) is 0 Å². The van der Waals surface area contributed by atoms with Gasteiger partial charge >= 0.3 is 0 Å². The summed E-state index contributed by atoms with van der Waals surface area (Å²) >= 11 is 0. The van der Waals surface area contributed by atoms with Gasteiger partial charge in [0, 0.05) is 18.5 Å². The van der Waals surface area contributed by atoms with Gasteiger partial charge in [-0.1, -0.05) is 12.1 Å². The van der Waals surface area contributed by atoms with Crippen molar-refractivity contribution in [3.8, 4) is 0 Å². The Morgan fingerprint density at radius 1 is 1.29 bits per heavy atom. The van der Waals surface area contributed by atoms with E-state index >= 15 is 0 Å². The molecular weight excluding hydrogens is 291 g/mol. The standard InChI is InChI=1S/C16H21FN2O.ClH/c17-13-4-1-3-11(9-13)15-5-2-8-19(15)16(20)12-6-7-14(18)10-12;/h1,3-4,9,12,14-15H,2,5-8,10,18H2;1H. The largest absolute Gasteiger partial charge is 0.335 e. The van der Waals surface area contributed by atoms with Gasteiger partial charge in [-0.05, 0) is 49.8 Å². The Morgan fingerprint density at radius 3 is 2.76 bits per heavy atom. The number of halogens is 2. The van der Waals surface area contributed by atoms with Gasteiger partial charge in [-0.25, -0.2) is 4.39 Å². The van der Waals surface area contributed by atoms with Gasteiger partial charge in [0.2, 0.25) is 5.91 Å². The third-order valence-corrected chi connectivity index (χ3v) is 4.59. The Hall–Kier alpha value is -1.13. The average molecular weight is 313 g/mol.